The summed E-state index contributed by atoms with van der Waals surface area (Å²) in [6, 6.07) is 0.673. The molecule has 2 fully saturated rings. The Kier molecular flexibility index (Phi) is 2.86. The van der Waals surface area contributed by atoms with Gasteiger partial charge >= 0.3 is 0 Å². The van der Waals surface area contributed by atoms with Crippen molar-refractivity contribution in [3.8, 4) is 0 Å². The molecule has 2 saturated heterocycles. The van der Waals surface area contributed by atoms with Gasteiger partial charge in [-0.2, -0.15) is 0 Å². The predicted molar refractivity (Wildman–Crippen MR) is 50.6 cm³/mol. The van der Waals surface area contributed by atoms with Crippen LogP contribution in [0.4, 0.5) is 0 Å². The zero-order chi connectivity index (χ0) is 9.26. The highest BCUT2D eigenvalue weighted by molar-refractivity contribution is 4.90. The molecule has 2 bridgehead atoms. The molecule has 4 unspecified atom stereocenters. The van der Waals surface area contributed by atoms with Gasteiger partial charge in [0, 0.05) is 12.1 Å². The van der Waals surface area contributed by atoms with E-state index in [2.05, 4.69) is 5.32 Å². The van der Waals surface area contributed by atoms with Gasteiger partial charge in [0.15, 0.2) is 0 Å². The van der Waals surface area contributed by atoms with Gasteiger partial charge in [0.1, 0.15) is 0 Å². The van der Waals surface area contributed by atoms with E-state index in [0.29, 0.717) is 18.2 Å². The van der Waals surface area contributed by atoms with E-state index in [1.165, 1.54) is 25.7 Å². The van der Waals surface area contributed by atoms with Crippen molar-refractivity contribution in [1.82, 2.24) is 5.32 Å². The maximum absolute atomic E-state index is 8.93. The summed E-state index contributed by atoms with van der Waals surface area (Å²) in [5.41, 5.74) is 0. The highest BCUT2D eigenvalue weighted by Gasteiger charge is 2.36. The highest BCUT2D eigenvalue weighted by Crippen LogP contribution is 2.32. The van der Waals surface area contributed by atoms with Gasteiger partial charge in [-0.15, -0.1) is 0 Å². The molecule has 3 heteroatoms. The minimum Gasteiger partial charge on any atom is -0.395 e. The Morgan fingerprint density at radius 3 is 2.92 bits per heavy atom. The molecule has 76 valence electrons. The van der Waals surface area contributed by atoms with Gasteiger partial charge in [0.25, 0.3) is 0 Å². The van der Waals surface area contributed by atoms with Crippen molar-refractivity contribution in [3.63, 3.8) is 0 Å². The van der Waals surface area contributed by atoms with Crippen molar-refractivity contribution in [3.05, 3.63) is 0 Å². The fourth-order valence-corrected chi connectivity index (χ4v) is 2.40. The molecular weight excluding hydrogens is 166 g/mol. The second-order valence-corrected chi connectivity index (χ2v) is 4.31. The van der Waals surface area contributed by atoms with Crippen molar-refractivity contribution in [1.29, 1.82) is 0 Å². The molecule has 2 heterocycles. The fraction of sp³-hybridized carbons (Fsp3) is 1.00. The summed E-state index contributed by atoms with van der Waals surface area (Å²) < 4.78 is 5.81. The summed E-state index contributed by atoms with van der Waals surface area (Å²) in [6.45, 7) is 2.23. The Labute approximate surface area is 79.5 Å². The lowest BCUT2D eigenvalue weighted by Crippen LogP contribution is -2.47. The van der Waals surface area contributed by atoms with Gasteiger partial charge in [-0.05, 0) is 32.6 Å². The molecule has 13 heavy (non-hydrogen) atoms. The third kappa shape index (κ3) is 2.03. The van der Waals surface area contributed by atoms with Crippen LogP contribution in [0.2, 0.25) is 0 Å². The van der Waals surface area contributed by atoms with Crippen LogP contribution in [0.5, 0.6) is 0 Å². The zero-order valence-corrected chi connectivity index (χ0v) is 8.20. The van der Waals surface area contributed by atoms with Gasteiger partial charge in [0.2, 0.25) is 0 Å². The molecule has 0 aromatic carbocycles. The summed E-state index contributed by atoms with van der Waals surface area (Å²) in [5.74, 6) is 0. The maximum Gasteiger partial charge on any atom is 0.0732 e. The molecule has 0 aromatic heterocycles. The lowest BCUT2D eigenvalue weighted by atomic mass is 10.0. The molecule has 0 radical (unpaired) electrons. The van der Waals surface area contributed by atoms with Crippen LogP contribution in [-0.2, 0) is 4.74 Å². The molecule has 0 spiro atoms. The number of aliphatic hydroxyl groups excluding tert-OH is 1. The first-order valence-electron chi connectivity index (χ1n) is 5.32. The summed E-state index contributed by atoms with van der Waals surface area (Å²) in [4.78, 5) is 0. The Bertz CT molecular complexity index is 174. The van der Waals surface area contributed by atoms with Crippen molar-refractivity contribution >= 4 is 0 Å². The highest BCUT2D eigenvalue weighted by atomic mass is 16.5. The van der Waals surface area contributed by atoms with Crippen molar-refractivity contribution in [2.24, 2.45) is 0 Å². The Morgan fingerprint density at radius 2 is 2.15 bits per heavy atom. The maximum atomic E-state index is 8.93. The average molecular weight is 185 g/mol. The smallest absolute Gasteiger partial charge is 0.0732 e. The van der Waals surface area contributed by atoms with E-state index in [9.17, 15) is 0 Å². The fourth-order valence-electron chi connectivity index (χ4n) is 2.40. The lowest BCUT2D eigenvalue weighted by Gasteiger charge is -2.31. The largest absolute Gasteiger partial charge is 0.395 e. The van der Waals surface area contributed by atoms with Crippen LogP contribution in [0.3, 0.4) is 0 Å². The number of rotatable bonds is 3. The molecule has 2 aliphatic rings. The van der Waals surface area contributed by atoms with Crippen LogP contribution in [0.1, 0.15) is 32.6 Å². The van der Waals surface area contributed by atoms with E-state index in [1.54, 1.807) is 0 Å². The molecule has 0 aromatic rings. The lowest BCUT2D eigenvalue weighted by molar-refractivity contribution is -0.0200. The van der Waals surface area contributed by atoms with E-state index in [1.807, 2.05) is 6.92 Å². The topological polar surface area (TPSA) is 41.5 Å². The van der Waals surface area contributed by atoms with Crippen LogP contribution in [-0.4, -0.2) is 36.0 Å². The average Bonchev–Trinajstić information content (AvgIpc) is 2.54. The predicted octanol–water partition coefficient (Wildman–Crippen LogP) is 0.667. The van der Waals surface area contributed by atoms with E-state index in [4.69, 9.17) is 9.84 Å². The standard InChI is InChI=1S/C10H19NO2/c1-7(6-12)11-9-4-2-8-3-5-10(9)13-8/h7-12H,2-6H2,1H3. The SMILES string of the molecule is CC(CO)NC1CCC2CCC1O2. The van der Waals surface area contributed by atoms with E-state index in [-0.39, 0.29) is 12.6 Å². The van der Waals surface area contributed by atoms with Crippen molar-refractivity contribution < 1.29 is 9.84 Å². The second-order valence-electron chi connectivity index (χ2n) is 4.31. The zero-order valence-electron chi connectivity index (χ0n) is 8.20. The number of aliphatic hydroxyl groups is 1. The minimum atomic E-state index is 0.200. The van der Waals surface area contributed by atoms with E-state index in [0.717, 1.165) is 0 Å². The molecule has 4 atom stereocenters. The molecule has 0 saturated carbocycles. The summed E-state index contributed by atoms with van der Waals surface area (Å²) in [7, 11) is 0. The van der Waals surface area contributed by atoms with E-state index < -0.39 is 0 Å². The Hall–Kier alpha value is -0.120. The molecule has 0 amide bonds. The van der Waals surface area contributed by atoms with Gasteiger partial charge in [0.05, 0.1) is 18.8 Å². The molecule has 2 N–H and O–H groups in total. The first-order chi connectivity index (χ1) is 6.29. The monoisotopic (exact) mass is 185 g/mol. The normalized spacial score (nSPS) is 40.6. The number of fused-ring (bicyclic) bond motifs is 2. The quantitative estimate of drug-likeness (QED) is 0.679. The van der Waals surface area contributed by atoms with Crippen LogP contribution in [0.15, 0.2) is 0 Å². The van der Waals surface area contributed by atoms with Gasteiger partial charge in [-0.25, -0.2) is 0 Å². The first-order valence-corrected chi connectivity index (χ1v) is 5.32. The van der Waals surface area contributed by atoms with Gasteiger partial charge < -0.3 is 15.2 Å². The van der Waals surface area contributed by atoms with Crippen molar-refractivity contribution in [2.75, 3.05) is 6.61 Å². The Balaban J connectivity index is 1.85. The third-order valence-corrected chi connectivity index (χ3v) is 3.16. The summed E-state index contributed by atoms with van der Waals surface area (Å²) in [5, 5.41) is 12.4. The van der Waals surface area contributed by atoms with Crippen LogP contribution in [0, 0.1) is 0 Å². The Morgan fingerprint density at radius 1 is 1.38 bits per heavy atom. The molecule has 3 nitrogen and oxygen atoms in total. The van der Waals surface area contributed by atoms with Crippen LogP contribution >= 0.6 is 0 Å². The molecule has 2 rings (SSSR count). The number of hydrogen-bond donors (Lipinski definition) is 2. The van der Waals surface area contributed by atoms with Gasteiger partial charge in [-0.3, -0.25) is 0 Å². The summed E-state index contributed by atoms with van der Waals surface area (Å²) >= 11 is 0. The molecular formula is C10H19NO2. The minimum absolute atomic E-state index is 0.200. The summed E-state index contributed by atoms with van der Waals surface area (Å²) in [6.07, 6.45) is 5.77. The number of hydrogen-bond acceptors (Lipinski definition) is 3. The third-order valence-electron chi connectivity index (χ3n) is 3.16. The molecule has 0 aliphatic carbocycles. The van der Waals surface area contributed by atoms with Gasteiger partial charge in [-0.1, -0.05) is 0 Å². The van der Waals surface area contributed by atoms with Crippen molar-refractivity contribution in [2.45, 2.75) is 56.9 Å². The second kappa shape index (κ2) is 3.95. The first kappa shape index (κ1) is 9.44. The van der Waals surface area contributed by atoms with Crippen LogP contribution in [0.25, 0.3) is 0 Å². The van der Waals surface area contributed by atoms with Crippen LogP contribution < -0.4 is 5.32 Å². The molecule has 2 aliphatic heterocycles. The number of nitrogens with one attached hydrogen (secondary N) is 1. The number of ether oxygens (including phenoxy) is 1. The van der Waals surface area contributed by atoms with E-state index >= 15 is 0 Å².